The summed E-state index contributed by atoms with van der Waals surface area (Å²) in [6.07, 6.45) is 1.09. The quantitative estimate of drug-likeness (QED) is 0.419. The Hall–Kier alpha value is -2.13. The molecule has 0 aromatic heterocycles. The second-order valence-corrected chi connectivity index (χ2v) is 4.37. The lowest BCUT2D eigenvalue weighted by Gasteiger charge is -2.09. The van der Waals surface area contributed by atoms with Crippen molar-refractivity contribution in [2.45, 2.75) is 13.3 Å². The molecule has 0 amide bonds. The molecule has 0 heterocycles. The van der Waals surface area contributed by atoms with Gasteiger partial charge in [-0.05, 0) is 24.1 Å². The SMILES string of the molecule is CCCNNc1ccc(C(=N)c2ccccc2)cc1. The molecule has 3 nitrogen and oxygen atoms in total. The Morgan fingerprint density at radius 2 is 1.58 bits per heavy atom. The molecule has 0 aliphatic heterocycles. The number of hydrogen-bond acceptors (Lipinski definition) is 3. The van der Waals surface area contributed by atoms with E-state index >= 15 is 0 Å². The Morgan fingerprint density at radius 3 is 2.21 bits per heavy atom. The van der Waals surface area contributed by atoms with E-state index in [0.717, 1.165) is 29.8 Å². The van der Waals surface area contributed by atoms with E-state index < -0.39 is 0 Å². The van der Waals surface area contributed by atoms with Gasteiger partial charge in [-0.25, -0.2) is 5.43 Å². The van der Waals surface area contributed by atoms with Crippen molar-refractivity contribution in [2.75, 3.05) is 12.0 Å². The van der Waals surface area contributed by atoms with Crippen molar-refractivity contribution in [3.63, 3.8) is 0 Å². The summed E-state index contributed by atoms with van der Waals surface area (Å²) < 4.78 is 0. The van der Waals surface area contributed by atoms with Crippen LogP contribution in [0, 0.1) is 5.41 Å². The summed E-state index contributed by atoms with van der Waals surface area (Å²) in [4.78, 5) is 0. The number of benzene rings is 2. The minimum absolute atomic E-state index is 0.550. The third-order valence-electron chi connectivity index (χ3n) is 2.84. The van der Waals surface area contributed by atoms with E-state index in [1.807, 2.05) is 54.6 Å². The molecule has 3 N–H and O–H groups in total. The van der Waals surface area contributed by atoms with Gasteiger partial charge in [0.1, 0.15) is 0 Å². The molecule has 0 aliphatic carbocycles. The fourth-order valence-electron chi connectivity index (χ4n) is 1.78. The lowest BCUT2D eigenvalue weighted by atomic mass is 10.0. The van der Waals surface area contributed by atoms with Crippen LogP contribution in [0.5, 0.6) is 0 Å². The minimum Gasteiger partial charge on any atom is -0.322 e. The lowest BCUT2D eigenvalue weighted by molar-refractivity contribution is 0.761. The molecule has 0 radical (unpaired) electrons. The predicted molar refractivity (Wildman–Crippen MR) is 80.7 cm³/mol. The molecule has 0 saturated heterocycles. The zero-order valence-corrected chi connectivity index (χ0v) is 11.1. The van der Waals surface area contributed by atoms with Crippen molar-refractivity contribution >= 4 is 11.4 Å². The zero-order chi connectivity index (χ0) is 13.5. The molecule has 98 valence electrons. The summed E-state index contributed by atoms with van der Waals surface area (Å²) in [6, 6.07) is 17.7. The fourth-order valence-corrected chi connectivity index (χ4v) is 1.78. The van der Waals surface area contributed by atoms with Crippen LogP contribution in [0.2, 0.25) is 0 Å². The molecule has 0 atom stereocenters. The first-order valence-corrected chi connectivity index (χ1v) is 6.54. The van der Waals surface area contributed by atoms with E-state index in [1.165, 1.54) is 0 Å². The van der Waals surface area contributed by atoms with E-state index in [2.05, 4.69) is 17.8 Å². The van der Waals surface area contributed by atoms with Gasteiger partial charge in [-0.2, -0.15) is 0 Å². The number of hydrazine groups is 1. The normalized spacial score (nSPS) is 10.2. The number of hydrogen-bond donors (Lipinski definition) is 3. The van der Waals surface area contributed by atoms with Gasteiger partial charge in [0.2, 0.25) is 0 Å². The first kappa shape index (κ1) is 13.3. The number of rotatable bonds is 6. The monoisotopic (exact) mass is 253 g/mol. The van der Waals surface area contributed by atoms with E-state index in [9.17, 15) is 0 Å². The second kappa shape index (κ2) is 6.71. The Labute approximate surface area is 114 Å². The molecule has 0 aliphatic rings. The van der Waals surface area contributed by atoms with Crippen molar-refractivity contribution in [1.29, 1.82) is 5.41 Å². The largest absolute Gasteiger partial charge is 0.322 e. The Kier molecular flexibility index (Phi) is 4.70. The van der Waals surface area contributed by atoms with Gasteiger partial charge in [0.05, 0.1) is 5.71 Å². The summed E-state index contributed by atoms with van der Waals surface area (Å²) >= 11 is 0. The molecule has 0 spiro atoms. The topological polar surface area (TPSA) is 47.9 Å². The van der Waals surface area contributed by atoms with Crippen molar-refractivity contribution < 1.29 is 0 Å². The molecular weight excluding hydrogens is 234 g/mol. The van der Waals surface area contributed by atoms with Crippen LogP contribution in [0.3, 0.4) is 0 Å². The fraction of sp³-hybridized carbons (Fsp3) is 0.188. The highest BCUT2D eigenvalue weighted by Crippen LogP contribution is 2.13. The van der Waals surface area contributed by atoms with Gasteiger partial charge in [-0.15, -0.1) is 0 Å². The number of nitrogens with one attached hydrogen (secondary N) is 3. The Balaban J connectivity index is 2.04. The van der Waals surface area contributed by atoms with Gasteiger partial charge in [-0.1, -0.05) is 49.4 Å². The Bertz CT molecular complexity index is 517. The van der Waals surface area contributed by atoms with Gasteiger partial charge < -0.3 is 5.43 Å². The molecule has 0 saturated carbocycles. The molecular formula is C16H19N3. The molecule has 0 bridgehead atoms. The summed E-state index contributed by atoms with van der Waals surface area (Å²) in [7, 11) is 0. The highest BCUT2D eigenvalue weighted by Gasteiger charge is 2.03. The van der Waals surface area contributed by atoms with Crippen molar-refractivity contribution in [3.8, 4) is 0 Å². The van der Waals surface area contributed by atoms with E-state index in [1.54, 1.807) is 0 Å². The van der Waals surface area contributed by atoms with E-state index in [0.29, 0.717) is 5.71 Å². The molecule has 2 aromatic rings. The number of anilines is 1. The lowest BCUT2D eigenvalue weighted by Crippen LogP contribution is -2.22. The van der Waals surface area contributed by atoms with Crippen LogP contribution in [0.15, 0.2) is 54.6 Å². The minimum atomic E-state index is 0.550. The summed E-state index contributed by atoms with van der Waals surface area (Å²) in [5, 5.41) is 8.17. The van der Waals surface area contributed by atoms with Crippen LogP contribution in [0.1, 0.15) is 24.5 Å². The van der Waals surface area contributed by atoms with Crippen LogP contribution >= 0.6 is 0 Å². The molecule has 0 fully saturated rings. The van der Waals surface area contributed by atoms with Gasteiger partial charge >= 0.3 is 0 Å². The summed E-state index contributed by atoms with van der Waals surface area (Å²) in [6.45, 7) is 3.06. The summed E-state index contributed by atoms with van der Waals surface area (Å²) in [5.74, 6) is 0. The smallest absolute Gasteiger partial charge is 0.0684 e. The van der Waals surface area contributed by atoms with E-state index in [4.69, 9.17) is 5.41 Å². The van der Waals surface area contributed by atoms with Crippen LogP contribution in [0.25, 0.3) is 0 Å². The average molecular weight is 253 g/mol. The van der Waals surface area contributed by atoms with Gasteiger partial charge in [-0.3, -0.25) is 5.41 Å². The maximum Gasteiger partial charge on any atom is 0.0684 e. The third-order valence-corrected chi connectivity index (χ3v) is 2.84. The van der Waals surface area contributed by atoms with Gasteiger partial charge in [0.25, 0.3) is 0 Å². The zero-order valence-electron chi connectivity index (χ0n) is 11.1. The first-order chi connectivity index (χ1) is 9.31. The average Bonchev–Trinajstić information content (AvgIpc) is 2.48. The van der Waals surface area contributed by atoms with Gasteiger partial charge in [0, 0.05) is 17.8 Å². The van der Waals surface area contributed by atoms with E-state index in [-0.39, 0.29) is 0 Å². The van der Waals surface area contributed by atoms with Crippen LogP contribution in [0.4, 0.5) is 5.69 Å². The van der Waals surface area contributed by atoms with Crippen LogP contribution in [-0.2, 0) is 0 Å². The molecule has 2 aromatic carbocycles. The van der Waals surface area contributed by atoms with Crippen molar-refractivity contribution in [2.24, 2.45) is 0 Å². The molecule has 2 rings (SSSR count). The molecule has 19 heavy (non-hydrogen) atoms. The predicted octanol–water partition coefficient (Wildman–Crippen LogP) is 3.43. The Morgan fingerprint density at radius 1 is 0.947 bits per heavy atom. The maximum atomic E-state index is 8.17. The van der Waals surface area contributed by atoms with Gasteiger partial charge in [0.15, 0.2) is 0 Å². The van der Waals surface area contributed by atoms with Crippen LogP contribution in [-0.4, -0.2) is 12.3 Å². The third kappa shape index (κ3) is 3.66. The van der Waals surface area contributed by atoms with Crippen molar-refractivity contribution in [1.82, 2.24) is 5.43 Å². The first-order valence-electron chi connectivity index (χ1n) is 6.54. The standard InChI is InChI=1S/C16H19N3/c1-2-12-18-19-15-10-8-14(9-11-15)16(17)13-6-4-3-5-7-13/h3-11,17-19H,2,12H2,1H3. The maximum absolute atomic E-state index is 8.17. The molecule has 3 heteroatoms. The second-order valence-electron chi connectivity index (χ2n) is 4.37. The highest BCUT2D eigenvalue weighted by molar-refractivity contribution is 6.10. The van der Waals surface area contributed by atoms with Crippen LogP contribution < -0.4 is 10.9 Å². The summed E-state index contributed by atoms with van der Waals surface area (Å²) in [5.41, 5.74) is 9.68. The highest BCUT2D eigenvalue weighted by atomic mass is 15.3. The molecule has 0 unspecified atom stereocenters. The van der Waals surface area contributed by atoms with Crippen molar-refractivity contribution in [3.05, 3.63) is 65.7 Å².